The van der Waals surface area contributed by atoms with Gasteiger partial charge in [0.1, 0.15) is 23.1 Å². The fraction of sp³-hybridized carbons (Fsp3) is 0.333. The monoisotopic (exact) mass is 214 g/mol. The Balaban J connectivity index is 3.41. The number of rotatable bonds is 3. The van der Waals surface area contributed by atoms with Crippen LogP contribution in [0.25, 0.3) is 0 Å². The Hall–Kier alpha value is -1.90. The van der Waals surface area contributed by atoms with Crippen LogP contribution in [0.4, 0.5) is 8.78 Å². The summed E-state index contributed by atoms with van der Waals surface area (Å²) in [6.45, 7) is 0. The molecule has 1 rings (SSSR count). The van der Waals surface area contributed by atoms with Crippen LogP contribution in [-0.2, 0) is 0 Å². The highest BCUT2D eigenvalue weighted by molar-refractivity contribution is 5.45. The number of nitrogens with zero attached hydrogens (tertiary/aromatic N) is 2. The maximum Gasteiger partial charge on any atom is 0.272 e. The first-order chi connectivity index (χ1) is 7.13. The number of alkyl halides is 2. The molecule has 4 nitrogen and oxygen atoms in total. The van der Waals surface area contributed by atoms with E-state index in [1.165, 1.54) is 14.2 Å². The molecular weight excluding hydrogens is 206 g/mol. The molecule has 1 heterocycles. The van der Waals surface area contributed by atoms with Crippen LogP contribution in [-0.4, -0.2) is 19.2 Å². The second-order valence-corrected chi connectivity index (χ2v) is 2.55. The van der Waals surface area contributed by atoms with Crippen LogP contribution in [0.1, 0.15) is 17.7 Å². The van der Waals surface area contributed by atoms with Gasteiger partial charge >= 0.3 is 0 Å². The minimum Gasteiger partial charge on any atom is -0.496 e. The van der Waals surface area contributed by atoms with Crippen molar-refractivity contribution in [2.45, 2.75) is 6.43 Å². The van der Waals surface area contributed by atoms with E-state index in [0.29, 0.717) is 0 Å². The van der Waals surface area contributed by atoms with E-state index in [4.69, 9.17) is 10.00 Å². The third-order valence-corrected chi connectivity index (χ3v) is 1.73. The zero-order valence-electron chi connectivity index (χ0n) is 8.12. The van der Waals surface area contributed by atoms with Gasteiger partial charge in [0.25, 0.3) is 6.43 Å². The quantitative estimate of drug-likeness (QED) is 0.771. The molecule has 1 aromatic rings. The Morgan fingerprint density at radius 1 is 1.40 bits per heavy atom. The van der Waals surface area contributed by atoms with Crippen LogP contribution >= 0.6 is 0 Å². The second-order valence-electron chi connectivity index (χ2n) is 2.55. The number of hydrogen-bond acceptors (Lipinski definition) is 4. The van der Waals surface area contributed by atoms with E-state index in [9.17, 15) is 8.78 Å². The lowest BCUT2D eigenvalue weighted by Crippen LogP contribution is -2.01. The molecule has 0 fully saturated rings. The lowest BCUT2D eigenvalue weighted by atomic mass is 10.2. The number of aromatic nitrogens is 1. The number of methoxy groups -OCH3 is 2. The van der Waals surface area contributed by atoms with Crippen LogP contribution in [0.5, 0.6) is 11.6 Å². The molecule has 0 unspecified atom stereocenters. The van der Waals surface area contributed by atoms with Crippen molar-refractivity contribution in [2.24, 2.45) is 0 Å². The van der Waals surface area contributed by atoms with Crippen LogP contribution in [0, 0.1) is 11.3 Å². The van der Waals surface area contributed by atoms with Crippen molar-refractivity contribution in [3.63, 3.8) is 0 Å². The number of halogens is 2. The molecule has 0 aromatic carbocycles. The summed E-state index contributed by atoms with van der Waals surface area (Å²) in [7, 11) is 2.44. The van der Waals surface area contributed by atoms with Crippen LogP contribution < -0.4 is 9.47 Å². The Morgan fingerprint density at radius 2 is 2.07 bits per heavy atom. The number of pyridine rings is 1. The van der Waals surface area contributed by atoms with E-state index in [0.717, 1.165) is 6.07 Å². The summed E-state index contributed by atoms with van der Waals surface area (Å²) in [4.78, 5) is 3.60. The molecule has 0 saturated heterocycles. The molecule has 0 atom stereocenters. The molecule has 0 N–H and O–H groups in total. The third-order valence-electron chi connectivity index (χ3n) is 1.73. The van der Waals surface area contributed by atoms with E-state index >= 15 is 0 Å². The van der Waals surface area contributed by atoms with E-state index in [2.05, 4.69) is 9.72 Å². The maximum atomic E-state index is 12.6. The van der Waals surface area contributed by atoms with Crippen molar-refractivity contribution in [1.29, 1.82) is 5.26 Å². The highest BCUT2D eigenvalue weighted by Gasteiger charge is 2.22. The molecule has 0 aliphatic heterocycles. The fourth-order valence-corrected chi connectivity index (χ4v) is 1.09. The molecule has 0 spiro atoms. The summed E-state index contributed by atoms with van der Waals surface area (Å²) < 4.78 is 34.6. The molecule has 0 bridgehead atoms. The van der Waals surface area contributed by atoms with Crippen molar-refractivity contribution in [1.82, 2.24) is 4.98 Å². The van der Waals surface area contributed by atoms with Crippen molar-refractivity contribution in [3.05, 3.63) is 17.3 Å². The molecule has 80 valence electrons. The first kappa shape index (κ1) is 11.2. The predicted molar refractivity (Wildman–Crippen MR) is 47.0 cm³/mol. The molecule has 0 aliphatic carbocycles. The van der Waals surface area contributed by atoms with Gasteiger partial charge in [0.05, 0.1) is 14.2 Å². The van der Waals surface area contributed by atoms with Gasteiger partial charge in [-0.2, -0.15) is 5.26 Å². The average molecular weight is 214 g/mol. The zero-order valence-corrected chi connectivity index (χ0v) is 8.12. The van der Waals surface area contributed by atoms with Crippen molar-refractivity contribution < 1.29 is 18.3 Å². The highest BCUT2D eigenvalue weighted by atomic mass is 19.3. The van der Waals surface area contributed by atoms with E-state index in [1.807, 2.05) is 0 Å². The minimum absolute atomic E-state index is 0.0342. The molecule has 0 radical (unpaired) electrons. The van der Waals surface area contributed by atoms with E-state index in [-0.39, 0.29) is 17.3 Å². The van der Waals surface area contributed by atoms with Gasteiger partial charge in [-0.1, -0.05) is 0 Å². The molecule has 6 heteroatoms. The van der Waals surface area contributed by atoms with Gasteiger partial charge in [-0.05, 0) is 0 Å². The number of nitriles is 1. The lowest BCUT2D eigenvalue weighted by molar-refractivity contribution is 0.141. The Labute approximate surface area is 85.1 Å². The third kappa shape index (κ3) is 2.13. The Kier molecular flexibility index (Phi) is 3.39. The standard InChI is InChI=1S/C9H8F2N2O2/c1-14-6-3-5(4-12)13-9(15-2)7(6)8(10)11/h3,8H,1-2H3. The summed E-state index contributed by atoms with van der Waals surface area (Å²) in [6, 6.07) is 2.87. The Bertz CT molecular complexity index is 377. The van der Waals surface area contributed by atoms with E-state index < -0.39 is 12.0 Å². The molecule has 0 amide bonds. The topological polar surface area (TPSA) is 55.1 Å². The summed E-state index contributed by atoms with van der Waals surface area (Å²) in [5, 5.41) is 8.60. The molecular formula is C9H8F2N2O2. The summed E-state index contributed by atoms with van der Waals surface area (Å²) in [5.74, 6) is -0.394. The number of hydrogen-bond donors (Lipinski definition) is 0. The SMILES string of the molecule is COc1cc(C#N)nc(OC)c1C(F)F. The van der Waals surface area contributed by atoms with Gasteiger partial charge < -0.3 is 9.47 Å². The first-order valence-corrected chi connectivity index (χ1v) is 3.95. The Morgan fingerprint density at radius 3 is 2.47 bits per heavy atom. The van der Waals surface area contributed by atoms with Gasteiger partial charge in [-0.25, -0.2) is 13.8 Å². The van der Waals surface area contributed by atoms with E-state index in [1.54, 1.807) is 6.07 Å². The summed E-state index contributed by atoms with van der Waals surface area (Å²) >= 11 is 0. The number of ether oxygens (including phenoxy) is 2. The fourth-order valence-electron chi connectivity index (χ4n) is 1.09. The zero-order chi connectivity index (χ0) is 11.4. The largest absolute Gasteiger partial charge is 0.496 e. The lowest BCUT2D eigenvalue weighted by Gasteiger charge is -2.11. The van der Waals surface area contributed by atoms with Gasteiger partial charge in [-0.3, -0.25) is 0 Å². The van der Waals surface area contributed by atoms with Gasteiger partial charge in [0, 0.05) is 6.07 Å². The smallest absolute Gasteiger partial charge is 0.272 e. The molecule has 1 aromatic heterocycles. The average Bonchev–Trinajstić information content (AvgIpc) is 2.26. The van der Waals surface area contributed by atoms with Gasteiger partial charge in [0.15, 0.2) is 0 Å². The summed E-state index contributed by atoms with van der Waals surface area (Å²) in [6.07, 6.45) is -2.77. The highest BCUT2D eigenvalue weighted by Crippen LogP contribution is 2.35. The van der Waals surface area contributed by atoms with Gasteiger partial charge in [0.2, 0.25) is 5.88 Å². The minimum atomic E-state index is -2.77. The normalized spacial score (nSPS) is 9.87. The van der Waals surface area contributed by atoms with Crippen molar-refractivity contribution in [2.75, 3.05) is 14.2 Å². The first-order valence-electron chi connectivity index (χ1n) is 3.95. The van der Waals surface area contributed by atoms with Crippen LogP contribution in [0.2, 0.25) is 0 Å². The summed E-state index contributed by atoms with van der Waals surface area (Å²) in [5.41, 5.74) is -0.480. The van der Waals surface area contributed by atoms with Crippen LogP contribution in [0.3, 0.4) is 0 Å². The molecule has 0 saturated carbocycles. The van der Waals surface area contributed by atoms with Gasteiger partial charge in [-0.15, -0.1) is 0 Å². The van der Waals surface area contributed by atoms with Crippen molar-refractivity contribution in [3.8, 4) is 17.7 Å². The maximum absolute atomic E-state index is 12.6. The van der Waals surface area contributed by atoms with Crippen molar-refractivity contribution >= 4 is 0 Å². The van der Waals surface area contributed by atoms with Crippen LogP contribution in [0.15, 0.2) is 6.07 Å². The molecule has 0 aliphatic rings. The molecule has 15 heavy (non-hydrogen) atoms. The second kappa shape index (κ2) is 4.55. The predicted octanol–water partition coefficient (Wildman–Crippen LogP) is 1.91.